The van der Waals surface area contributed by atoms with Crippen molar-refractivity contribution in [3.8, 4) is 5.75 Å². The van der Waals surface area contributed by atoms with E-state index < -0.39 is 0 Å². The molecule has 19 heavy (non-hydrogen) atoms. The summed E-state index contributed by atoms with van der Waals surface area (Å²) in [5.74, 6) is 1.41. The third kappa shape index (κ3) is 3.27. The van der Waals surface area contributed by atoms with Crippen LogP contribution in [0.1, 0.15) is 51.6 Å². The van der Waals surface area contributed by atoms with Crippen LogP contribution in [0.15, 0.2) is 18.2 Å². The lowest BCUT2D eigenvalue weighted by Gasteiger charge is -2.33. The third-order valence-electron chi connectivity index (χ3n) is 4.32. The van der Waals surface area contributed by atoms with Crippen LogP contribution in [0, 0.1) is 17.7 Å². The highest BCUT2D eigenvalue weighted by Crippen LogP contribution is 2.34. The SMILES string of the molecule is CC1CCC(Oc2c(F)cccc2[C@@H](C)N)CC1C. The van der Waals surface area contributed by atoms with Crippen LogP contribution in [-0.2, 0) is 0 Å². The fourth-order valence-electron chi connectivity index (χ4n) is 2.78. The van der Waals surface area contributed by atoms with Crippen LogP contribution < -0.4 is 10.5 Å². The van der Waals surface area contributed by atoms with Gasteiger partial charge in [-0.15, -0.1) is 0 Å². The topological polar surface area (TPSA) is 35.2 Å². The highest BCUT2D eigenvalue weighted by atomic mass is 19.1. The Morgan fingerprint density at radius 3 is 2.63 bits per heavy atom. The van der Waals surface area contributed by atoms with Crippen molar-refractivity contribution in [3.05, 3.63) is 29.6 Å². The van der Waals surface area contributed by atoms with Crippen molar-refractivity contribution in [2.75, 3.05) is 0 Å². The summed E-state index contributed by atoms with van der Waals surface area (Å²) in [4.78, 5) is 0. The zero-order chi connectivity index (χ0) is 14.0. The van der Waals surface area contributed by atoms with Gasteiger partial charge in [0.1, 0.15) is 0 Å². The molecule has 0 radical (unpaired) electrons. The van der Waals surface area contributed by atoms with Gasteiger partial charge in [0.15, 0.2) is 11.6 Å². The fraction of sp³-hybridized carbons (Fsp3) is 0.625. The van der Waals surface area contributed by atoms with Crippen molar-refractivity contribution in [1.29, 1.82) is 0 Å². The second-order valence-corrected chi connectivity index (χ2v) is 5.95. The Balaban J connectivity index is 2.15. The fourth-order valence-corrected chi connectivity index (χ4v) is 2.78. The van der Waals surface area contributed by atoms with E-state index >= 15 is 0 Å². The molecule has 1 fully saturated rings. The van der Waals surface area contributed by atoms with Crippen LogP contribution in [0.2, 0.25) is 0 Å². The summed E-state index contributed by atoms with van der Waals surface area (Å²) in [6.45, 7) is 6.37. The van der Waals surface area contributed by atoms with E-state index in [2.05, 4.69) is 13.8 Å². The molecule has 1 aliphatic carbocycles. The van der Waals surface area contributed by atoms with E-state index in [9.17, 15) is 4.39 Å². The highest BCUT2D eigenvalue weighted by molar-refractivity contribution is 5.37. The minimum Gasteiger partial charge on any atom is -0.487 e. The zero-order valence-corrected chi connectivity index (χ0v) is 12.0. The van der Waals surface area contributed by atoms with E-state index in [0.717, 1.165) is 30.7 Å². The summed E-state index contributed by atoms with van der Waals surface area (Å²) in [6.07, 6.45) is 3.25. The first-order valence-corrected chi connectivity index (χ1v) is 7.19. The van der Waals surface area contributed by atoms with Crippen molar-refractivity contribution in [3.63, 3.8) is 0 Å². The van der Waals surface area contributed by atoms with Crippen molar-refractivity contribution in [2.24, 2.45) is 17.6 Å². The molecule has 1 aromatic rings. The molecule has 3 heteroatoms. The lowest BCUT2D eigenvalue weighted by Crippen LogP contribution is -2.29. The summed E-state index contributed by atoms with van der Waals surface area (Å²) in [6, 6.07) is 4.76. The Kier molecular flexibility index (Phi) is 4.46. The minimum atomic E-state index is -0.305. The number of hydrogen-bond donors (Lipinski definition) is 1. The van der Waals surface area contributed by atoms with Gasteiger partial charge in [0, 0.05) is 11.6 Å². The molecule has 0 heterocycles. The van der Waals surface area contributed by atoms with Gasteiger partial charge in [-0.05, 0) is 44.1 Å². The predicted octanol–water partition coefficient (Wildman–Crippen LogP) is 4.05. The molecular weight excluding hydrogens is 241 g/mol. The van der Waals surface area contributed by atoms with Crippen LogP contribution in [0.25, 0.3) is 0 Å². The van der Waals surface area contributed by atoms with Gasteiger partial charge in [-0.1, -0.05) is 26.0 Å². The molecule has 1 aliphatic rings. The maximum Gasteiger partial charge on any atom is 0.165 e. The quantitative estimate of drug-likeness (QED) is 0.895. The summed E-state index contributed by atoms with van der Waals surface area (Å²) in [7, 11) is 0. The maximum absolute atomic E-state index is 14.0. The largest absolute Gasteiger partial charge is 0.487 e. The molecule has 3 unspecified atom stereocenters. The van der Waals surface area contributed by atoms with Crippen LogP contribution in [0.3, 0.4) is 0 Å². The predicted molar refractivity (Wildman–Crippen MR) is 75.6 cm³/mol. The van der Waals surface area contributed by atoms with E-state index in [1.807, 2.05) is 13.0 Å². The van der Waals surface area contributed by atoms with E-state index in [-0.39, 0.29) is 18.0 Å². The van der Waals surface area contributed by atoms with Crippen LogP contribution in [-0.4, -0.2) is 6.10 Å². The summed E-state index contributed by atoms with van der Waals surface area (Å²) >= 11 is 0. The Bertz CT molecular complexity index is 433. The smallest absolute Gasteiger partial charge is 0.165 e. The van der Waals surface area contributed by atoms with Crippen molar-refractivity contribution >= 4 is 0 Å². The Morgan fingerprint density at radius 1 is 1.26 bits per heavy atom. The summed E-state index contributed by atoms with van der Waals surface area (Å²) in [5.41, 5.74) is 6.65. The second kappa shape index (κ2) is 5.91. The van der Waals surface area contributed by atoms with E-state index in [1.54, 1.807) is 6.07 Å². The molecule has 0 aliphatic heterocycles. The van der Waals surface area contributed by atoms with Gasteiger partial charge in [-0.25, -0.2) is 4.39 Å². The molecule has 0 amide bonds. The maximum atomic E-state index is 14.0. The molecule has 1 saturated carbocycles. The number of rotatable bonds is 3. The average molecular weight is 265 g/mol. The van der Waals surface area contributed by atoms with Crippen molar-refractivity contribution < 1.29 is 9.13 Å². The average Bonchev–Trinajstić information content (AvgIpc) is 2.36. The number of hydrogen-bond acceptors (Lipinski definition) is 2. The van der Waals surface area contributed by atoms with Gasteiger partial charge in [0.2, 0.25) is 0 Å². The molecule has 2 rings (SSSR count). The van der Waals surface area contributed by atoms with Crippen molar-refractivity contribution in [1.82, 2.24) is 0 Å². The molecule has 0 spiro atoms. The lowest BCUT2D eigenvalue weighted by molar-refractivity contribution is 0.0955. The molecule has 2 N–H and O–H groups in total. The monoisotopic (exact) mass is 265 g/mol. The number of benzene rings is 1. The Hall–Kier alpha value is -1.09. The first-order valence-electron chi connectivity index (χ1n) is 7.19. The van der Waals surface area contributed by atoms with Crippen molar-refractivity contribution in [2.45, 2.75) is 52.2 Å². The molecule has 2 nitrogen and oxygen atoms in total. The van der Waals surface area contributed by atoms with Gasteiger partial charge in [0.05, 0.1) is 6.10 Å². The standard InChI is InChI=1S/C16H24FNO/c1-10-7-8-13(9-11(10)2)19-16-14(12(3)18)5-4-6-15(16)17/h4-6,10-13H,7-9,18H2,1-3H3/t10?,11?,12-,13?/m1/s1. The summed E-state index contributed by atoms with van der Waals surface area (Å²) < 4.78 is 19.9. The molecule has 1 aromatic carbocycles. The lowest BCUT2D eigenvalue weighted by atomic mass is 9.80. The second-order valence-electron chi connectivity index (χ2n) is 5.95. The molecular formula is C16H24FNO. The molecule has 0 bridgehead atoms. The number of nitrogens with two attached hydrogens (primary N) is 1. The van der Waals surface area contributed by atoms with E-state index in [0.29, 0.717) is 11.7 Å². The van der Waals surface area contributed by atoms with Crippen LogP contribution >= 0.6 is 0 Å². The molecule has 106 valence electrons. The third-order valence-corrected chi connectivity index (χ3v) is 4.32. The van der Waals surface area contributed by atoms with Crippen LogP contribution in [0.5, 0.6) is 5.75 Å². The molecule has 4 atom stereocenters. The van der Waals surface area contributed by atoms with Gasteiger partial charge in [0.25, 0.3) is 0 Å². The zero-order valence-electron chi connectivity index (χ0n) is 12.0. The van der Waals surface area contributed by atoms with Gasteiger partial charge in [-0.3, -0.25) is 0 Å². The van der Waals surface area contributed by atoms with Gasteiger partial charge >= 0.3 is 0 Å². The van der Waals surface area contributed by atoms with E-state index in [1.165, 1.54) is 6.07 Å². The normalized spacial score (nSPS) is 29.0. The Labute approximate surface area is 115 Å². The number of ether oxygens (including phenoxy) is 1. The van der Waals surface area contributed by atoms with Gasteiger partial charge in [-0.2, -0.15) is 0 Å². The first kappa shape index (κ1) is 14.3. The van der Waals surface area contributed by atoms with E-state index in [4.69, 9.17) is 10.5 Å². The molecule has 0 saturated heterocycles. The number of para-hydroxylation sites is 1. The highest BCUT2D eigenvalue weighted by Gasteiger charge is 2.27. The molecule has 0 aromatic heterocycles. The van der Waals surface area contributed by atoms with Gasteiger partial charge < -0.3 is 10.5 Å². The Morgan fingerprint density at radius 2 is 2.00 bits per heavy atom. The minimum absolute atomic E-state index is 0.112. The number of halogens is 1. The van der Waals surface area contributed by atoms with Crippen LogP contribution in [0.4, 0.5) is 4.39 Å². The first-order chi connectivity index (χ1) is 8.99. The summed E-state index contributed by atoms with van der Waals surface area (Å²) in [5, 5.41) is 0.